The lowest BCUT2D eigenvalue weighted by atomic mass is 10.1. The van der Waals surface area contributed by atoms with E-state index in [0.29, 0.717) is 19.0 Å². The van der Waals surface area contributed by atoms with Crippen molar-refractivity contribution in [1.82, 2.24) is 5.32 Å². The molecule has 0 saturated heterocycles. The summed E-state index contributed by atoms with van der Waals surface area (Å²) in [5, 5.41) is 3.15. The van der Waals surface area contributed by atoms with Crippen LogP contribution < -0.4 is 25.3 Å². The summed E-state index contributed by atoms with van der Waals surface area (Å²) in [7, 11) is 3.26. The van der Waals surface area contributed by atoms with Crippen molar-refractivity contribution in [3.05, 3.63) is 53.6 Å². The van der Waals surface area contributed by atoms with E-state index >= 15 is 0 Å². The standard InChI is InChI=1S/C22H31N3O3.HI/c1-5-18(28-19-9-7-6-8-16(19)2)15-25-22(23)24-13-12-17-10-11-20(26-3)21(14-17)27-4;/h6-11,14,18H,5,12-13,15H2,1-4H3,(H3,23,24,25);1H. The number of para-hydroxylation sites is 1. The van der Waals surface area contributed by atoms with E-state index in [0.717, 1.165) is 41.2 Å². The Morgan fingerprint density at radius 2 is 1.79 bits per heavy atom. The molecule has 0 spiro atoms. The minimum absolute atomic E-state index is 0. The molecule has 29 heavy (non-hydrogen) atoms. The molecule has 0 radical (unpaired) electrons. The van der Waals surface area contributed by atoms with E-state index in [1.165, 1.54) is 0 Å². The highest BCUT2D eigenvalue weighted by Crippen LogP contribution is 2.27. The van der Waals surface area contributed by atoms with E-state index in [9.17, 15) is 0 Å². The third-order valence-corrected chi connectivity index (χ3v) is 4.48. The summed E-state index contributed by atoms with van der Waals surface area (Å²) in [6, 6.07) is 13.9. The summed E-state index contributed by atoms with van der Waals surface area (Å²) in [6.45, 7) is 5.31. The summed E-state index contributed by atoms with van der Waals surface area (Å²) in [6.07, 6.45) is 1.65. The number of guanidine groups is 1. The fourth-order valence-electron chi connectivity index (χ4n) is 2.75. The highest BCUT2D eigenvalue weighted by molar-refractivity contribution is 14.0. The Balaban J connectivity index is 0.00000420. The Hall–Kier alpha value is -2.16. The average Bonchev–Trinajstić information content (AvgIpc) is 2.72. The molecule has 6 nitrogen and oxygen atoms in total. The Morgan fingerprint density at radius 3 is 2.45 bits per heavy atom. The molecule has 0 bridgehead atoms. The summed E-state index contributed by atoms with van der Waals surface area (Å²) in [5.41, 5.74) is 8.25. The molecule has 7 heteroatoms. The van der Waals surface area contributed by atoms with Gasteiger partial charge in [0.05, 0.1) is 20.8 Å². The van der Waals surface area contributed by atoms with Crippen LogP contribution in [0.1, 0.15) is 24.5 Å². The Labute approximate surface area is 190 Å². The first kappa shape index (κ1) is 24.9. The summed E-state index contributed by atoms with van der Waals surface area (Å²) in [4.78, 5) is 4.43. The van der Waals surface area contributed by atoms with E-state index < -0.39 is 0 Å². The van der Waals surface area contributed by atoms with Crippen LogP contribution in [0.4, 0.5) is 0 Å². The molecule has 0 fully saturated rings. The lowest BCUT2D eigenvalue weighted by Gasteiger charge is -2.17. The molecule has 0 saturated carbocycles. The second-order valence-corrected chi connectivity index (χ2v) is 6.51. The molecule has 0 heterocycles. The number of methoxy groups -OCH3 is 2. The number of ether oxygens (including phenoxy) is 3. The third kappa shape index (κ3) is 8.00. The van der Waals surface area contributed by atoms with E-state index in [4.69, 9.17) is 19.9 Å². The third-order valence-electron chi connectivity index (χ3n) is 4.48. The Bertz CT molecular complexity index is 784. The van der Waals surface area contributed by atoms with Gasteiger partial charge in [0, 0.05) is 6.54 Å². The quantitative estimate of drug-likeness (QED) is 0.286. The molecule has 0 aliphatic carbocycles. The number of nitrogens with one attached hydrogen (secondary N) is 1. The van der Waals surface area contributed by atoms with Gasteiger partial charge in [0.25, 0.3) is 0 Å². The molecule has 1 unspecified atom stereocenters. The molecule has 1 atom stereocenters. The van der Waals surface area contributed by atoms with Crippen molar-refractivity contribution >= 4 is 29.9 Å². The van der Waals surface area contributed by atoms with E-state index in [-0.39, 0.29) is 30.1 Å². The van der Waals surface area contributed by atoms with Crippen LogP contribution in [-0.2, 0) is 6.42 Å². The summed E-state index contributed by atoms with van der Waals surface area (Å²) >= 11 is 0. The first-order valence-corrected chi connectivity index (χ1v) is 9.54. The summed E-state index contributed by atoms with van der Waals surface area (Å²) < 4.78 is 16.6. The maximum absolute atomic E-state index is 6.05. The lowest BCUT2D eigenvalue weighted by molar-refractivity contribution is 0.204. The maximum atomic E-state index is 6.05. The highest BCUT2D eigenvalue weighted by atomic mass is 127. The molecule has 160 valence electrons. The number of nitrogens with zero attached hydrogens (tertiary/aromatic N) is 1. The van der Waals surface area contributed by atoms with E-state index in [1.54, 1.807) is 14.2 Å². The number of hydrogen-bond donors (Lipinski definition) is 2. The number of rotatable bonds is 10. The number of halogens is 1. The molecule has 0 aliphatic rings. The minimum atomic E-state index is -0.00713. The molecular formula is C22H32IN3O3. The Morgan fingerprint density at radius 1 is 1.07 bits per heavy atom. The van der Waals surface area contributed by atoms with Crippen molar-refractivity contribution in [3.63, 3.8) is 0 Å². The second kappa shape index (κ2) is 13.1. The predicted molar refractivity (Wildman–Crippen MR) is 129 cm³/mol. The van der Waals surface area contributed by atoms with Gasteiger partial charge in [0.15, 0.2) is 17.5 Å². The van der Waals surface area contributed by atoms with Crippen LogP contribution in [0.2, 0.25) is 0 Å². The van der Waals surface area contributed by atoms with Crippen LogP contribution in [0.5, 0.6) is 17.2 Å². The van der Waals surface area contributed by atoms with Crippen LogP contribution in [-0.4, -0.2) is 39.4 Å². The van der Waals surface area contributed by atoms with Crippen LogP contribution in [0.3, 0.4) is 0 Å². The number of nitrogens with two attached hydrogens (primary N) is 1. The van der Waals surface area contributed by atoms with E-state index in [1.807, 2.05) is 49.4 Å². The van der Waals surface area contributed by atoms with Crippen molar-refractivity contribution in [3.8, 4) is 17.2 Å². The average molecular weight is 513 g/mol. The zero-order chi connectivity index (χ0) is 20.4. The number of benzene rings is 2. The van der Waals surface area contributed by atoms with Crippen LogP contribution in [0.25, 0.3) is 0 Å². The zero-order valence-electron chi connectivity index (χ0n) is 17.6. The first-order valence-electron chi connectivity index (χ1n) is 9.54. The minimum Gasteiger partial charge on any atom is -0.493 e. The Kier molecular flexibility index (Phi) is 11.3. The number of hydrogen-bond acceptors (Lipinski definition) is 4. The fourth-order valence-corrected chi connectivity index (χ4v) is 2.75. The summed E-state index contributed by atoms with van der Waals surface area (Å²) in [5.74, 6) is 2.76. The van der Waals surface area contributed by atoms with Gasteiger partial charge >= 0.3 is 0 Å². The van der Waals surface area contributed by atoms with Gasteiger partial charge < -0.3 is 25.3 Å². The van der Waals surface area contributed by atoms with Gasteiger partial charge in [0.1, 0.15) is 11.9 Å². The normalized spacial score (nSPS) is 11.9. The molecule has 0 aliphatic heterocycles. The van der Waals surface area contributed by atoms with Gasteiger partial charge in [-0.25, -0.2) is 4.99 Å². The smallest absolute Gasteiger partial charge is 0.188 e. The van der Waals surface area contributed by atoms with Gasteiger partial charge in [-0.15, -0.1) is 24.0 Å². The topological polar surface area (TPSA) is 78.1 Å². The highest BCUT2D eigenvalue weighted by Gasteiger charge is 2.09. The van der Waals surface area contributed by atoms with E-state index in [2.05, 4.69) is 17.2 Å². The van der Waals surface area contributed by atoms with Crippen molar-refractivity contribution in [2.75, 3.05) is 27.3 Å². The number of aryl methyl sites for hydroxylation is 1. The SMILES string of the molecule is CCC(CN=C(N)NCCc1ccc(OC)c(OC)c1)Oc1ccccc1C.I. The molecule has 0 aromatic heterocycles. The molecular weight excluding hydrogens is 481 g/mol. The molecule has 2 aromatic rings. The van der Waals surface area contributed by atoms with Crippen LogP contribution in [0.15, 0.2) is 47.5 Å². The largest absolute Gasteiger partial charge is 0.493 e. The monoisotopic (exact) mass is 513 g/mol. The van der Waals surface area contributed by atoms with Crippen molar-refractivity contribution in [2.24, 2.45) is 10.7 Å². The molecule has 0 amide bonds. The number of aliphatic imine (C=N–C) groups is 1. The van der Waals surface area contributed by atoms with Crippen LogP contribution >= 0.6 is 24.0 Å². The van der Waals surface area contributed by atoms with Gasteiger partial charge in [-0.1, -0.05) is 31.2 Å². The van der Waals surface area contributed by atoms with Gasteiger partial charge in [-0.05, 0) is 49.1 Å². The zero-order valence-corrected chi connectivity index (χ0v) is 19.9. The van der Waals surface area contributed by atoms with Gasteiger partial charge in [0.2, 0.25) is 0 Å². The van der Waals surface area contributed by atoms with Crippen molar-refractivity contribution in [2.45, 2.75) is 32.8 Å². The molecule has 2 aromatic carbocycles. The lowest BCUT2D eigenvalue weighted by Crippen LogP contribution is -2.34. The van der Waals surface area contributed by atoms with Crippen molar-refractivity contribution < 1.29 is 14.2 Å². The molecule has 3 N–H and O–H groups in total. The van der Waals surface area contributed by atoms with Gasteiger partial charge in [-0.3, -0.25) is 0 Å². The maximum Gasteiger partial charge on any atom is 0.188 e. The fraction of sp³-hybridized carbons (Fsp3) is 0.409. The molecule has 2 rings (SSSR count). The second-order valence-electron chi connectivity index (χ2n) is 6.51. The first-order chi connectivity index (χ1) is 13.6. The van der Waals surface area contributed by atoms with Gasteiger partial charge in [-0.2, -0.15) is 0 Å². The predicted octanol–water partition coefficient (Wildman–Crippen LogP) is 3.93. The van der Waals surface area contributed by atoms with Crippen molar-refractivity contribution in [1.29, 1.82) is 0 Å². The van der Waals surface area contributed by atoms with Crippen LogP contribution in [0, 0.1) is 6.92 Å².